The molecule has 0 radical (unpaired) electrons. The van der Waals surface area contributed by atoms with Gasteiger partial charge in [-0.2, -0.15) is 0 Å². The van der Waals surface area contributed by atoms with E-state index in [0.29, 0.717) is 0 Å². The molecule has 2 amide bonds. The lowest BCUT2D eigenvalue weighted by Crippen LogP contribution is -2.37. The highest BCUT2D eigenvalue weighted by Crippen LogP contribution is 2.17. The van der Waals surface area contributed by atoms with Crippen LogP contribution in [0.2, 0.25) is 0 Å². The first-order valence-corrected chi connectivity index (χ1v) is 10.1. The number of nitrogens with zero attached hydrogens (tertiary/aromatic N) is 2. The number of urea groups is 1. The molecule has 0 fully saturated rings. The quantitative estimate of drug-likeness (QED) is 0.736. The van der Waals surface area contributed by atoms with Crippen LogP contribution in [0.5, 0.6) is 0 Å². The van der Waals surface area contributed by atoms with Crippen LogP contribution >= 0.6 is 0 Å². The Balaban J connectivity index is 1.87. The molecule has 0 saturated carbocycles. The van der Waals surface area contributed by atoms with Gasteiger partial charge in [0, 0.05) is 37.7 Å². The zero-order valence-corrected chi connectivity index (χ0v) is 15.8. The predicted octanol–water partition coefficient (Wildman–Crippen LogP) is 1.88. The van der Waals surface area contributed by atoms with E-state index in [0.717, 1.165) is 36.0 Å². The summed E-state index contributed by atoms with van der Waals surface area (Å²) in [6.07, 6.45) is 4.43. The summed E-state index contributed by atoms with van der Waals surface area (Å²) in [6, 6.07) is 13.0. The number of para-hydroxylation sites is 1. The van der Waals surface area contributed by atoms with Crippen LogP contribution in [0.25, 0.3) is 0 Å². The highest BCUT2D eigenvalue weighted by atomic mass is 32.2. The minimum absolute atomic E-state index is 0.216. The molecular formula is C18H24N4O3S. The summed E-state index contributed by atoms with van der Waals surface area (Å²) >= 11 is 0. The van der Waals surface area contributed by atoms with E-state index in [2.05, 4.69) is 15.6 Å². The molecule has 8 heteroatoms. The number of pyridine rings is 1. The van der Waals surface area contributed by atoms with Crippen molar-refractivity contribution in [3.05, 3.63) is 59.9 Å². The summed E-state index contributed by atoms with van der Waals surface area (Å²) in [5.41, 5.74) is 2.74. The van der Waals surface area contributed by atoms with Crippen LogP contribution in [-0.4, -0.2) is 50.1 Å². The number of aryl methyl sites for hydroxylation is 2. The second kappa shape index (κ2) is 9.30. The van der Waals surface area contributed by atoms with Crippen molar-refractivity contribution in [3.63, 3.8) is 0 Å². The summed E-state index contributed by atoms with van der Waals surface area (Å²) in [5.74, 6) is 0. The number of benzene rings is 1. The number of nitrogens with one attached hydrogen (secondary N) is 2. The van der Waals surface area contributed by atoms with E-state index >= 15 is 0 Å². The van der Waals surface area contributed by atoms with Gasteiger partial charge in [0.05, 0.1) is 6.26 Å². The van der Waals surface area contributed by atoms with Crippen molar-refractivity contribution >= 4 is 21.7 Å². The van der Waals surface area contributed by atoms with E-state index in [9.17, 15) is 13.2 Å². The molecule has 26 heavy (non-hydrogen) atoms. The Morgan fingerprint density at radius 3 is 2.54 bits per heavy atom. The van der Waals surface area contributed by atoms with Gasteiger partial charge in [-0.3, -0.25) is 4.98 Å². The maximum Gasteiger partial charge on any atom is 0.319 e. The molecule has 0 spiro atoms. The molecule has 0 aliphatic rings. The zero-order chi connectivity index (χ0) is 19.0. The number of likely N-dealkylation sites (N-methyl/N-ethyl adjacent to an activating group) is 1. The molecule has 1 aromatic carbocycles. The first kappa shape index (κ1) is 19.9. The molecule has 0 atom stereocenters. The Kier molecular flexibility index (Phi) is 7.11. The molecule has 2 N–H and O–H groups in total. The van der Waals surface area contributed by atoms with Gasteiger partial charge in [-0.05, 0) is 36.6 Å². The number of anilines is 1. The van der Waals surface area contributed by atoms with E-state index < -0.39 is 10.0 Å². The van der Waals surface area contributed by atoms with E-state index in [-0.39, 0.29) is 19.1 Å². The monoisotopic (exact) mass is 376 g/mol. The van der Waals surface area contributed by atoms with Crippen molar-refractivity contribution in [1.82, 2.24) is 14.6 Å². The number of carbonyl (C=O) groups is 1. The number of aromatic nitrogens is 1. The largest absolute Gasteiger partial charge is 0.337 e. The second-order valence-electron chi connectivity index (χ2n) is 5.94. The fourth-order valence-electron chi connectivity index (χ4n) is 2.33. The first-order chi connectivity index (χ1) is 12.4. The van der Waals surface area contributed by atoms with Crippen molar-refractivity contribution < 1.29 is 13.2 Å². The van der Waals surface area contributed by atoms with Crippen LogP contribution in [0.1, 0.15) is 11.3 Å². The van der Waals surface area contributed by atoms with Gasteiger partial charge < -0.3 is 10.6 Å². The van der Waals surface area contributed by atoms with Gasteiger partial charge in [0.1, 0.15) is 0 Å². The summed E-state index contributed by atoms with van der Waals surface area (Å²) in [7, 11) is -1.77. The molecule has 0 aliphatic heterocycles. The average Bonchev–Trinajstić information content (AvgIpc) is 2.61. The Labute approximate surface area is 154 Å². The van der Waals surface area contributed by atoms with Crippen molar-refractivity contribution in [2.45, 2.75) is 12.8 Å². The van der Waals surface area contributed by atoms with Crippen LogP contribution < -0.4 is 10.6 Å². The third-order valence-corrected chi connectivity index (χ3v) is 5.24. The molecule has 7 nitrogen and oxygen atoms in total. The van der Waals surface area contributed by atoms with Crippen molar-refractivity contribution in [1.29, 1.82) is 0 Å². The molecule has 0 saturated heterocycles. The molecule has 0 unspecified atom stereocenters. The maximum atomic E-state index is 12.1. The molecule has 0 bridgehead atoms. The molecule has 2 aromatic rings. The summed E-state index contributed by atoms with van der Waals surface area (Å²) in [4.78, 5) is 16.4. The standard InChI is InChI=1S/C18H24N4O3S/c1-22(26(2,24)25)14-13-20-18(23)21-17-9-4-3-7-15(17)10-11-16-8-5-6-12-19-16/h3-9,12H,10-11,13-14H2,1-2H3,(H2,20,21,23). The molecule has 1 heterocycles. The van der Waals surface area contributed by atoms with E-state index in [4.69, 9.17) is 0 Å². The molecule has 140 valence electrons. The minimum atomic E-state index is -3.24. The van der Waals surface area contributed by atoms with Crippen LogP contribution in [0, 0.1) is 0 Å². The van der Waals surface area contributed by atoms with Crippen LogP contribution in [0.15, 0.2) is 48.7 Å². The summed E-state index contributed by atoms with van der Waals surface area (Å²) in [6.45, 7) is 0.444. The number of rotatable bonds is 8. The third kappa shape index (κ3) is 6.45. The number of sulfonamides is 1. The van der Waals surface area contributed by atoms with Gasteiger partial charge in [-0.15, -0.1) is 0 Å². The topological polar surface area (TPSA) is 91.4 Å². The number of hydrogen-bond donors (Lipinski definition) is 2. The Bertz CT molecular complexity index is 825. The van der Waals surface area contributed by atoms with Crippen molar-refractivity contribution in [3.8, 4) is 0 Å². The lowest BCUT2D eigenvalue weighted by atomic mass is 10.1. The summed E-state index contributed by atoms with van der Waals surface area (Å²) in [5, 5.41) is 5.49. The molecule has 2 rings (SSSR count). The van der Waals surface area contributed by atoms with E-state index in [1.807, 2.05) is 42.5 Å². The lowest BCUT2D eigenvalue weighted by molar-refractivity contribution is 0.251. The highest BCUT2D eigenvalue weighted by Gasteiger charge is 2.11. The average molecular weight is 376 g/mol. The SMILES string of the molecule is CN(CCNC(=O)Nc1ccccc1CCc1ccccn1)S(C)(=O)=O. The predicted molar refractivity (Wildman–Crippen MR) is 103 cm³/mol. The van der Waals surface area contributed by atoms with Crippen molar-refractivity contribution in [2.75, 3.05) is 31.7 Å². The molecule has 1 aromatic heterocycles. The Morgan fingerprint density at radius 2 is 1.85 bits per heavy atom. The lowest BCUT2D eigenvalue weighted by Gasteiger charge is -2.15. The third-order valence-electron chi connectivity index (χ3n) is 3.92. The van der Waals surface area contributed by atoms with Gasteiger partial charge >= 0.3 is 6.03 Å². The van der Waals surface area contributed by atoms with E-state index in [1.165, 1.54) is 11.4 Å². The maximum absolute atomic E-state index is 12.1. The van der Waals surface area contributed by atoms with Gasteiger partial charge in [-0.25, -0.2) is 17.5 Å². The minimum Gasteiger partial charge on any atom is -0.337 e. The van der Waals surface area contributed by atoms with Gasteiger partial charge in [0.15, 0.2) is 0 Å². The number of carbonyl (C=O) groups excluding carboxylic acids is 1. The first-order valence-electron chi connectivity index (χ1n) is 8.30. The smallest absolute Gasteiger partial charge is 0.319 e. The number of amides is 2. The Morgan fingerprint density at radius 1 is 1.12 bits per heavy atom. The van der Waals surface area contributed by atoms with Gasteiger partial charge in [0.2, 0.25) is 10.0 Å². The van der Waals surface area contributed by atoms with Gasteiger partial charge in [-0.1, -0.05) is 24.3 Å². The van der Waals surface area contributed by atoms with Crippen LogP contribution in [0.4, 0.5) is 10.5 Å². The van der Waals surface area contributed by atoms with E-state index in [1.54, 1.807) is 6.20 Å². The van der Waals surface area contributed by atoms with Gasteiger partial charge in [0.25, 0.3) is 0 Å². The second-order valence-corrected chi connectivity index (χ2v) is 8.03. The Hall–Kier alpha value is -2.45. The van der Waals surface area contributed by atoms with Crippen molar-refractivity contribution in [2.24, 2.45) is 0 Å². The summed E-state index contributed by atoms with van der Waals surface area (Å²) < 4.78 is 23.8. The van der Waals surface area contributed by atoms with Crippen LogP contribution in [-0.2, 0) is 22.9 Å². The number of hydrogen-bond acceptors (Lipinski definition) is 4. The normalized spacial score (nSPS) is 11.3. The van der Waals surface area contributed by atoms with Crippen LogP contribution in [0.3, 0.4) is 0 Å². The fraction of sp³-hybridized carbons (Fsp3) is 0.333. The molecule has 0 aliphatic carbocycles. The zero-order valence-electron chi connectivity index (χ0n) is 15.0. The molecular weight excluding hydrogens is 352 g/mol. The highest BCUT2D eigenvalue weighted by molar-refractivity contribution is 7.88. The fourth-order valence-corrected chi connectivity index (χ4v) is 2.75.